The number of fused-ring (bicyclic) bond motifs is 1. The van der Waals surface area contributed by atoms with Gasteiger partial charge in [-0.2, -0.15) is 5.10 Å². The van der Waals surface area contributed by atoms with E-state index in [0.717, 1.165) is 22.2 Å². The maximum Gasteiger partial charge on any atom is 0.307 e. The highest BCUT2D eigenvalue weighted by atomic mass is 35.5. The van der Waals surface area contributed by atoms with Crippen molar-refractivity contribution < 1.29 is 9.53 Å². The first-order valence-corrected chi connectivity index (χ1v) is 9.28. The number of imidazole rings is 1. The van der Waals surface area contributed by atoms with Crippen LogP contribution in [0.15, 0.2) is 71.8 Å². The largest absolute Gasteiger partial charge is 0.457 e. The molecule has 0 fully saturated rings. The Kier molecular flexibility index (Phi) is 5.27. The van der Waals surface area contributed by atoms with Gasteiger partial charge in [-0.15, -0.1) is 0 Å². The van der Waals surface area contributed by atoms with E-state index in [2.05, 4.69) is 20.5 Å². The van der Waals surface area contributed by atoms with Crippen molar-refractivity contribution in [3.63, 3.8) is 0 Å². The number of benzene rings is 3. The van der Waals surface area contributed by atoms with Crippen LogP contribution in [-0.4, -0.2) is 22.1 Å². The Balaban J connectivity index is 1.37. The van der Waals surface area contributed by atoms with Gasteiger partial charge in [0.25, 0.3) is 0 Å². The monoisotopic (exact) mass is 404 g/mol. The van der Waals surface area contributed by atoms with E-state index in [1.54, 1.807) is 12.3 Å². The molecule has 0 unspecified atom stereocenters. The number of ether oxygens (including phenoxy) is 1. The summed E-state index contributed by atoms with van der Waals surface area (Å²) in [4.78, 5) is 19.4. The number of aryl methyl sites for hydroxylation is 1. The summed E-state index contributed by atoms with van der Waals surface area (Å²) < 4.78 is 5.81. The molecule has 0 aliphatic rings. The van der Waals surface area contributed by atoms with Gasteiger partial charge in [-0.1, -0.05) is 23.7 Å². The zero-order valence-electron chi connectivity index (χ0n) is 15.5. The minimum atomic E-state index is -0.407. The summed E-state index contributed by atoms with van der Waals surface area (Å²) in [5.41, 5.74) is 5.76. The maximum atomic E-state index is 12.2. The fourth-order valence-corrected chi connectivity index (χ4v) is 2.83. The molecule has 6 nitrogen and oxygen atoms in total. The molecule has 7 heteroatoms. The molecule has 144 valence electrons. The molecular formula is C22H17ClN4O2. The van der Waals surface area contributed by atoms with Crippen LogP contribution in [0.4, 0.5) is 0 Å². The summed E-state index contributed by atoms with van der Waals surface area (Å²) in [7, 11) is 0. The van der Waals surface area contributed by atoms with Crippen LogP contribution >= 0.6 is 11.6 Å². The van der Waals surface area contributed by atoms with E-state index in [1.807, 2.05) is 67.6 Å². The van der Waals surface area contributed by atoms with Gasteiger partial charge in [0.05, 0.1) is 17.2 Å². The number of H-pyrrole nitrogens is 1. The first kappa shape index (κ1) is 18.7. The average Bonchev–Trinajstić information content (AvgIpc) is 3.16. The molecule has 1 heterocycles. The number of nitrogens with zero attached hydrogens (tertiary/aromatic N) is 2. The number of hydrogen-bond donors (Lipinski definition) is 2. The highest BCUT2D eigenvalue weighted by Crippen LogP contribution is 2.25. The van der Waals surface area contributed by atoms with Crippen LogP contribution in [0.3, 0.4) is 0 Å². The highest BCUT2D eigenvalue weighted by molar-refractivity contribution is 6.31. The molecule has 1 aromatic heterocycles. The molecule has 0 radical (unpaired) electrons. The lowest BCUT2D eigenvalue weighted by Crippen LogP contribution is -2.19. The Labute approximate surface area is 172 Å². The van der Waals surface area contributed by atoms with Gasteiger partial charge >= 0.3 is 5.91 Å². The fourth-order valence-electron chi connectivity index (χ4n) is 2.72. The molecule has 0 spiro atoms. The Morgan fingerprint density at radius 2 is 1.86 bits per heavy atom. The second kappa shape index (κ2) is 8.16. The number of carbonyl (C=O) groups is 1. The second-order valence-electron chi connectivity index (χ2n) is 6.38. The SMILES string of the molecule is Cc1cc(Oc2ccc(/C=N/NC(=O)c3nc4ccccc4[nH]3)cc2)ccc1Cl. The number of nitrogens with one attached hydrogen (secondary N) is 2. The fraction of sp³-hybridized carbons (Fsp3) is 0.0455. The zero-order chi connectivity index (χ0) is 20.2. The van der Waals surface area contributed by atoms with Gasteiger partial charge < -0.3 is 9.72 Å². The normalized spacial score (nSPS) is 11.1. The van der Waals surface area contributed by atoms with Gasteiger partial charge in [0.2, 0.25) is 0 Å². The topological polar surface area (TPSA) is 79.4 Å². The van der Waals surface area contributed by atoms with Gasteiger partial charge in [0, 0.05) is 5.02 Å². The minimum Gasteiger partial charge on any atom is -0.457 e. The average molecular weight is 405 g/mol. The molecule has 4 aromatic rings. The third-order valence-electron chi connectivity index (χ3n) is 4.23. The number of aromatic nitrogens is 2. The minimum absolute atomic E-state index is 0.213. The standard InChI is InChI=1S/C22H17ClN4O2/c1-14-12-17(10-11-18(14)23)29-16-8-6-15(7-9-16)13-24-27-22(28)21-25-19-4-2-3-5-20(19)26-21/h2-13H,1H3,(H,25,26)(H,27,28)/b24-13+. The third kappa shape index (κ3) is 4.44. The maximum absolute atomic E-state index is 12.2. The van der Waals surface area contributed by atoms with Crippen LogP contribution < -0.4 is 10.2 Å². The van der Waals surface area contributed by atoms with Crippen LogP contribution in [0, 0.1) is 6.92 Å². The quantitative estimate of drug-likeness (QED) is 0.359. The Hall–Kier alpha value is -3.64. The van der Waals surface area contributed by atoms with Gasteiger partial charge in [0.15, 0.2) is 5.82 Å². The Bertz CT molecular complexity index is 1170. The lowest BCUT2D eigenvalue weighted by Gasteiger charge is -2.07. The number of carbonyl (C=O) groups excluding carboxylic acids is 1. The van der Waals surface area contributed by atoms with E-state index >= 15 is 0 Å². The molecule has 29 heavy (non-hydrogen) atoms. The highest BCUT2D eigenvalue weighted by Gasteiger charge is 2.09. The van der Waals surface area contributed by atoms with Gasteiger partial charge in [-0.25, -0.2) is 10.4 Å². The van der Waals surface area contributed by atoms with Crippen molar-refractivity contribution >= 4 is 34.8 Å². The summed E-state index contributed by atoms with van der Waals surface area (Å²) in [6.45, 7) is 1.92. The van der Waals surface area contributed by atoms with E-state index < -0.39 is 5.91 Å². The molecule has 0 saturated heterocycles. The number of amides is 1. The summed E-state index contributed by atoms with van der Waals surface area (Å²) >= 11 is 6.03. The lowest BCUT2D eigenvalue weighted by atomic mass is 10.2. The molecule has 4 rings (SSSR count). The van der Waals surface area contributed by atoms with E-state index in [-0.39, 0.29) is 5.82 Å². The van der Waals surface area contributed by atoms with Crippen molar-refractivity contribution in [3.05, 3.63) is 88.7 Å². The molecule has 3 aromatic carbocycles. The smallest absolute Gasteiger partial charge is 0.307 e. The van der Waals surface area contributed by atoms with E-state index in [9.17, 15) is 4.79 Å². The van der Waals surface area contributed by atoms with Crippen molar-refractivity contribution in [1.82, 2.24) is 15.4 Å². The van der Waals surface area contributed by atoms with Crippen LogP contribution in [-0.2, 0) is 0 Å². The molecule has 0 aliphatic heterocycles. The predicted molar refractivity (Wildman–Crippen MR) is 114 cm³/mol. The van der Waals surface area contributed by atoms with Crippen LogP contribution in [0.1, 0.15) is 21.7 Å². The number of rotatable bonds is 5. The van der Waals surface area contributed by atoms with Crippen LogP contribution in [0.25, 0.3) is 11.0 Å². The molecular weight excluding hydrogens is 388 g/mol. The summed E-state index contributed by atoms with van der Waals surface area (Å²) in [5.74, 6) is 1.21. The molecule has 0 bridgehead atoms. The Morgan fingerprint density at radius 1 is 1.10 bits per heavy atom. The third-order valence-corrected chi connectivity index (χ3v) is 4.65. The Morgan fingerprint density at radius 3 is 2.62 bits per heavy atom. The number of hydrazone groups is 1. The van der Waals surface area contributed by atoms with E-state index in [0.29, 0.717) is 16.5 Å². The number of halogens is 1. The molecule has 0 atom stereocenters. The number of aromatic amines is 1. The molecule has 1 amide bonds. The van der Waals surface area contributed by atoms with E-state index in [1.165, 1.54) is 0 Å². The van der Waals surface area contributed by atoms with Gasteiger partial charge in [-0.05, 0) is 72.6 Å². The van der Waals surface area contributed by atoms with Gasteiger partial charge in [-0.3, -0.25) is 4.79 Å². The van der Waals surface area contributed by atoms with Crippen molar-refractivity contribution in [2.75, 3.05) is 0 Å². The van der Waals surface area contributed by atoms with Crippen molar-refractivity contribution in [2.24, 2.45) is 5.10 Å². The van der Waals surface area contributed by atoms with Crippen LogP contribution in [0.2, 0.25) is 5.02 Å². The lowest BCUT2D eigenvalue weighted by molar-refractivity contribution is 0.0946. The number of hydrogen-bond acceptors (Lipinski definition) is 4. The van der Waals surface area contributed by atoms with Crippen molar-refractivity contribution in [3.8, 4) is 11.5 Å². The molecule has 2 N–H and O–H groups in total. The summed E-state index contributed by atoms with van der Waals surface area (Å²) in [6, 6.07) is 20.3. The second-order valence-corrected chi connectivity index (χ2v) is 6.79. The number of para-hydroxylation sites is 2. The predicted octanol–water partition coefficient (Wildman–Crippen LogP) is 5.08. The first-order valence-electron chi connectivity index (χ1n) is 8.91. The summed E-state index contributed by atoms with van der Waals surface area (Å²) in [5, 5.41) is 4.69. The van der Waals surface area contributed by atoms with Crippen molar-refractivity contribution in [1.29, 1.82) is 0 Å². The first-order chi connectivity index (χ1) is 14.1. The molecule has 0 saturated carbocycles. The van der Waals surface area contributed by atoms with Crippen LogP contribution in [0.5, 0.6) is 11.5 Å². The van der Waals surface area contributed by atoms with E-state index in [4.69, 9.17) is 16.3 Å². The van der Waals surface area contributed by atoms with Gasteiger partial charge in [0.1, 0.15) is 11.5 Å². The summed E-state index contributed by atoms with van der Waals surface area (Å²) in [6.07, 6.45) is 1.55. The molecule has 0 aliphatic carbocycles. The van der Waals surface area contributed by atoms with Crippen molar-refractivity contribution in [2.45, 2.75) is 6.92 Å². The zero-order valence-corrected chi connectivity index (χ0v) is 16.3.